The predicted octanol–water partition coefficient (Wildman–Crippen LogP) is 2.98. The normalized spacial score (nSPS) is 36.4. The number of aliphatic carboxylic acids is 1. The van der Waals surface area contributed by atoms with Crippen molar-refractivity contribution in [2.75, 3.05) is 0 Å². The summed E-state index contributed by atoms with van der Waals surface area (Å²) in [6.07, 6.45) is 8.19. The highest BCUT2D eigenvalue weighted by atomic mass is 16.5. The van der Waals surface area contributed by atoms with Crippen LogP contribution in [0.4, 0.5) is 0 Å². The number of hydrogen-bond donors (Lipinski definition) is 1. The molecular formula is C13H22O3. The maximum Gasteiger partial charge on any atom is 0.335 e. The highest BCUT2D eigenvalue weighted by molar-refractivity contribution is 5.77. The van der Waals surface area contributed by atoms with Crippen molar-refractivity contribution in [2.45, 2.75) is 70.0 Å². The van der Waals surface area contributed by atoms with Crippen LogP contribution in [0.5, 0.6) is 0 Å². The Labute approximate surface area is 97.2 Å². The summed E-state index contributed by atoms with van der Waals surface area (Å²) < 4.78 is 5.97. The third kappa shape index (κ3) is 2.40. The average Bonchev–Trinajstić information content (AvgIpc) is 2.70. The van der Waals surface area contributed by atoms with E-state index < -0.39 is 11.6 Å². The quantitative estimate of drug-likeness (QED) is 0.804. The van der Waals surface area contributed by atoms with Gasteiger partial charge in [-0.15, -0.1) is 0 Å². The standard InChI is InChI=1S/C13H22O3/c1-10-5-4-8-13(9-10,12(14)15)16-11-6-2-3-7-11/h10-11H,2-9H2,1H3,(H,14,15). The lowest BCUT2D eigenvalue weighted by atomic mass is 9.78. The van der Waals surface area contributed by atoms with Gasteiger partial charge in [0.05, 0.1) is 6.10 Å². The third-order valence-corrected chi connectivity index (χ3v) is 4.04. The molecule has 0 aromatic rings. The molecule has 0 saturated heterocycles. The monoisotopic (exact) mass is 226 g/mol. The molecule has 2 aliphatic rings. The Balaban J connectivity index is 2.04. The molecule has 0 aromatic carbocycles. The number of ether oxygens (including phenoxy) is 1. The summed E-state index contributed by atoms with van der Waals surface area (Å²) >= 11 is 0. The van der Waals surface area contributed by atoms with Crippen LogP contribution in [-0.2, 0) is 9.53 Å². The second kappa shape index (κ2) is 4.74. The number of hydrogen-bond acceptors (Lipinski definition) is 2. The fourth-order valence-electron chi connectivity index (χ4n) is 3.18. The maximum absolute atomic E-state index is 11.5. The summed E-state index contributed by atoms with van der Waals surface area (Å²) in [7, 11) is 0. The highest BCUT2D eigenvalue weighted by Gasteiger charge is 2.44. The van der Waals surface area contributed by atoms with Gasteiger partial charge in [0.15, 0.2) is 5.60 Å². The van der Waals surface area contributed by atoms with Crippen molar-refractivity contribution >= 4 is 5.97 Å². The van der Waals surface area contributed by atoms with Gasteiger partial charge in [0, 0.05) is 0 Å². The van der Waals surface area contributed by atoms with Crippen LogP contribution in [0.2, 0.25) is 0 Å². The van der Waals surface area contributed by atoms with E-state index in [0.717, 1.165) is 25.7 Å². The zero-order chi connectivity index (χ0) is 11.6. The molecule has 2 unspecified atom stereocenters. The lowest BCUT2D eigenvalue weighted by Gasteiger charge is -2.38. The fourth-order valence-corrected chi connectivity index (χ4v) is 3.18. The molecule has 16 heavy (non-hydrogen) atoms. The van der Waals surface area contributed by atoms with Crippen molar-refractivity contribution < 1.29 is 14.6 Å². The minimum Gasteiger partial charge on any atom is -0.479 e. The Kier molecular flexibility index (Phi) is 3.53. The number of carbonyl (C=O) groups is 1. The Morgan fingerprint density at radius 3 is 2.50 bits per heavy atom. The molecule has 0 aromatic heterocycles. The second-order valence-electron chi connectivity index (χ2n) is 5.53. The topological polar surface area (TPSA) is 46.5 Å². The van der Waals surface area contributed by atoms with Crippen LogP contribution in [0.1, 0.15) is 58.3 Å². The van der Waals surface area contributed by atoms with E-state index in [1.807, 2.05) is 0 Å². The van der Waals surface area contributed by atoms with Crippen molar-refractivity contribution in [3.05, 3.63) is 0 Å². The Hall–Kier alpha value is -0.570. The fraction of sp³-hybridized carbons (Fsp3) is 0.923. The maximum atomic E-state index is 11.5. The molecule has 0 amide bonds. The van der Waals surface area contributed by atoms with Gasteiger partial charge < -0.3 is 9.84 Å². The third-order valence-electron chi connectivity index (χ3n) is 4.04. The van der Waals surface area contributed by atoms with Gasteiger partial charge in [-0.2, -0.15) is 0 Å². The largest absolute Gasteiger partial charge is 0.479 e. The van der Waals surface area contributed by atoms with Gasteiger partial charge in [0.25, 0.3) is 0 Å². The number of rotatable bonds is 3. The van der Waals surface area contributed by atoms with E-state index in [9.17, 15) is 9.90 Å². The van der Waals surface area contributed by atoms with Gasteiger partial charge in [-0.05, 0) is 38.0 Å². The van der Waals surface area contributed by atoms with Crippen LogP contribution in [-0.4, -0.2) is 22.8 Å². The molecular weight excluding hydrogens is 204 g/mol. The van der Waals surface area contributed by atoms with Gasteiger partial charge in [0.1, 0.15) is 0 Å². The molecule has 2 aliphatic carbocycles. The Morgan fingerprint density at radius 2 is 1.94 bits per heavy atom. The van der Waals surface area contributed by atoms with Crippen molar-refractivity contribution in [2.24, 2.45) is 5.92 Å². The molecule has 2 saturated carbocycles. The SMILES string of the molecule is CC1CCCC(OC2CCCC2)(C(=O)O)C1. The number of carboxylic acids is 1. The molecule has 92 valence electrons. The van der Waals surface area contributed by atoms with Gasteiger partial charge in [-0.3, -0.25) is 0 Å². The molecule has 2 fully saturated rings. The zero-order valence-electron chi connectivity index (χ0n) is 10.1. The lowest BCUT2D eigenvalue weighted by Crippen LogP contribution is -2.47. The summed E-state index contributed by atoms with van der Waals surface area (Å²) in [5.41, 5.74) is -0.868. The molecule has 0 heterocycles. The Morgan fingerprint density at radius 1 is 1.25 bits per heavy atom. The molecule has 3 nitrogen and oxygen atoms in total. The van der Waals surface area contributed by atoms with Crippen molar-refractivity contribution in [3.8, 4) is 0 Å². The summed E-state index contributed by atoms with van der Waals surface area (Å²) in [5.74, 6) is -0.266. The van der Waals surface area contributed by atoms with Gasteiger partial charge >= 0.3 is 5.97 Å². The second-order valence-corrected chi connectivity index (χ2v) is 5.53. The average molecular weight is 226 g/mol. The van der Waals surface area contributed by atoms with E-state index in [4.69, 9.17) is 4.74 Å². The first kappa shape index (κ1) is 11.9. The van der Waals surface area contributed by atoms with E-state index in [1.165, 1.54) is 12.8 Å². The van der Waals surface area contributed by atoms with Crippen LogP contribution in [0.3, 0.4) is 0 Å². The minimum absolute atomic E-state index is 0.196. The van der Waals surface area contributed by atoms with Crippen LogP contribution in [0, 0.1) is 5.92 Å². The van der Waals surface area contributed by atoms with E-state index >= 15 is 0 Å². The van der Waals surface area contributed by atoms with E-state index in [-0.39, 0.29) is 6.10 Å². The van der Waals surface area contributed by atoms with E-state index in [2.05, 4.69) is 6.92 Å². The smallest absolute Gasteiger partial charge is 0.335 e. The predicted molar refractivity (Wildman–Crippen MR) is 61.3 cm³/mol. The first-order valence-electron chi connectivity index (χ1n) is 6.54. The summed E-state index contributed by atoms with van der Waals surface area (Å²) in [6.45, 7) is 2.13. The van der Waals surface area contributed by atoms with Crippen molar-refractivity contribution in [3.63, 3.8) is 0 Å². The molecule has 0 radical (unpaired) electrons. The molecule has 0 bridgehead atoms. The summed E-state index contributed by atoms with van der Waals surface area (Å²) in [4.78, 5) is 11.5. The van der Waals surface area contributed by atoms with Crippen LogP contribution in [0.25, 0.3) is 0 Å². The zero-order valence-corrected chi connectivity index (χ0v) is 10.1. The summed E-state index contributed by atoms with van der Waals surface area (Å²) in [5, 5.41) is 9.44. The van der Waals surface area contributed by atoms with Crippen LogP contribution in [0.15, 0.2) is 0 Å². The van der Waals surface area contributed by atoms with Gasteiger partial charge in [0.2, 0.25) is 0 Å². The molecule has 2 atom stereocenters. The van der Waals surface area contributed by atoms with E-state index in [0.29, 0.717) is 18.8 Å². The molecule has 2 rings (SSSR count). The molecule has 0 spiro atoms. The Bertz CT molecular complexity index is 258. The van der Waals surface area contributed by atoms with Crippen LogP contribution < -0.4 is 0 Å². The molecule has 1 N–H and O–H groups in total. The summed E-state index contributed by atoms with van der Waals surface area (Å²) in [6, 6.07) is 0. The van der Waals surface area contributed by atoms with Gasteiger partial charge in [-0.1, -0.05) is 26.2 Å². The number of carboxylic acid groups (broad SMARTS) is 1. The van der Waals surface area contributed by atoms with Crippen molar-refractivity contribution in [1.82, 2.24) is 0 Å². The van der Waals surface area contributed by atoms with Crippen LogP contribution >= 0.6 is 0 Å². The lowest BCUT2D eigenvalue weighted by molar-refractivity contribution is -0.182. The molecule has 0 aliphatic heterocycles. The minimum atomic E-state index is -0.868. The first-order valence-corrected chi connectivity index (χ1v) is 6.54. The van der Waals surface area contributed by atoms with Crippen molar-refractivity contribution in [1.29, 1.82) is 0 Å². The van der Waals surface area contributed by atoms with E-state index in [1.54, 1.807) is 0 Å². The molecule has 3 heteroatoms. The highest BCUT2D eigenvalue weighted by Crippen LogP contribution is 2.38. The van der Waals surface area contributed by atoms with Gasteiger partial charge in [-0.25, -0.2) is 4.79 Å². The first-order chi connectivity index (χ1) is 7.62.